The standard InChI is InChI=1S/C36H43F2NO10S.C22H25NO6.C14H19F3O4S.C8H19N.C3H9ClSi.CH2Cl2.2CH4.B3/c1-5-6-10-28(32(42)48-34(2,3)4)47-25-16-24-8-7-9-26-29(24)27(17-25)31(41)39(30(26)40)49-50(44,45)36(37,38)33(43)46-12-11-35-18-21-13-22(19-35)15-23(14-21)20-35;1-5-6-10-17(21(26)29-22(2,3)4)28-14-11-13-8-7-9-15-18(13)16(12-14)20(25)23(27)19(15)24;15-14(16,22(17,19)20)12(18)21-2-1-13-6-9-3-10(7-13)5-11(4-9)8-13;1-6-9(7(2)3)8(4)5;1-5(2,3)4;2-1-3;;;1-3-2/h7-9,16-17,21-23,28H,5-6,10-15,18-20H2,1-4H3;7-9,11-12,17,27H,5-6,10H2,1-4H3;9-11H,1-8H2;7-8H,6H2,1-5H3;1-3H3;1H2;2*1H4;. The van der Waals surface area contributed by atoms with Gasteiger partial charge < -0.3 is 28.4 Å². The van der Waals surface area contributed by atoms with Crippen molar-refractivity contribution < 1.29 is 115 Å². The summed E-state index contributed by atoms with van der Waals surface area (Å²) in [4.78, 5) is 103. The lowest BCUT2D eigenvalue weighted by Gasteiger charge is -2.57. The van der Waals surface area contributed by atoms with Gasteiger partial charge in [-0.25, -0.2) is 19.2 Å². The van der Waals surface area contributed by atoms with Crippen molar-refractivity contribution in [2.75, 3.05) is 25.1 Å². The topological polar surface area (TPSA) is 299 Å². The minimum Gasteiger partial charge on any atom is -0.479 e. The molecule has 1 N–H and O–H groups in total. The second-order valence-electron chi connectivity index (χ2n) is 36.1. The molecule has 123 heavy (non-hydrogen) atoms. The molecule has 14 rings (SSSR count). The van der Waals surface area contributed by atoms with Gasteiger partial charge in [0.1, 0.15) is 30.1 Å². The smallest absolute Gasteiger partial charge is 0.470 e. The van der Waals surface area contributed by atoms with Gasteiger partial charge in [-0.2, -0.15) is 45.5 Å². The predicted molar refractivity (Wildman–Crippen MR) is 472 cm³/mol. The summed E-state index contributed by atoms with van der Waals surface area (Å²) in [6.07, 6.45) is 15.8. The van der Waals surface area contributed by atoms with E-state index >= 15 is 8.78 Å². The number of benzene rings is 4. The van der Waals surface area contributed by atoms with Crippen molar-refractivity contribution in [2.24, 2.45) is 46.3 Å². The molecule has 37 heteroatoms. The molecule has 5 radical (unpaired) electrons. The molecule has 10 aliphatic rings. The molecular formula is C86H125B3Cl3F5N3O20S2Si. The maximum Gasteiger partial charge on any atom is 0.470 e. The van der Waals surface area contributed by atoms with Crippen molar-refractivity contribution in [1.82, 2.24) is 15.0 Å². The van der Waals surface area contributed by atoms with E-state index in [1.165, 1.54) is 68.9 Å². The summed E-state index contributed by atoms with van der Waals surface area (Å²) < 4.78 is 152. The summed E-state index contributed by atoms with van der Waals surface area (Å²) in [5.41, 5.74) is -1.67. The molecule has 2 atom stereocenters. The van der Waals surface area contributed by atoms with Crippen molar-refractivity contribution in [2.45, 2.75) is 299 Å². The number of hydrogen-bond acceptors (Lipinski definition) is 21. The van der Waals surface area contributed by atoms with Gasteiger partial charge in [0, 0.05) is 45.4 Å². The van der Waals surface area contributed by atoms with E-state index in [1.807, 2.05) is 13.8 Å². The summed E-state index contributed by atoms with van der Waals surface area (Å²) in [7, 11) is -3.68. The number of imide groups is 2. The van der Waals surface area contributed by atoms with Gasteiger partial charge in [-0.15, -0.1) is 37.6 Å². The first-order valence-electron chi connectivity index (χ1n) is 41.3. The summed E-state index contributed by atoms with van der Waals surface area (Å²) in [5.74, 6) is -6.01. The van der Waals surface area contributed by atoms with Crippen LogP contribution in [0.5, 0.6) is 11.5 Å². The summed E-state index contributed by atoms with van der Waals surface area (Å²) in [6, 6.07) is 16.4. The molecular weight excluding hydrogens is 1720 g/mol. The van der Waals surface area contributed by atoms with Crippen LogP contribution in [0, 0.1) is 46.3 Å². The molecule has 8 saturated carbocycles. The maximum absolute atomic E-state index is 15.2. The molecule has 8 fully saturated rings. The molecule has 4 aromatic carbocycles. The molecule has 0 spiro atoms. The monoisotopic (exact) mass is 1840 g/mol. The fourth-order valence-corrected chi connectivity index (χ4v) is 19.3. The fraction of sp³-hybridized carbons (Fsp3) is 0.674. The van der Waals surface area contributed by atoms with E-state index in [0.717, 1.165) is 71.4 Å². The summed E-state index contributed by atoms with van der Waals surface area (Å²) >= 11 is 15.2. The largest absolute Gasteiger partial charge is 0.479 e. The van der Waals surface area contributed by atoms with Gasteiger partial charge in [-0.3, -0.25) is 29.3 Å². The number of halogens is 8. The SMILES string of the molecule is C.C.CCCCC(Oc1cc2c3c(cccc3c1)C(=O)N(O)C2=O)C(=O)OC(C)(C)C.CCCCC(Oc1cc2c3c(cccc3c1)C(=O)N(OS(=O)(=O)C(F)(F)C(=O)OCCC13CC4CC(CC(C4)C1)C3)C2=O)C(=O)OC(C)(C)C.CCN(C(C)C)C(C)C.C[Si](C)(C)Cl.ClCCl.O=C(OCCC12CC3CC(CC(C3)C1)C2)C(F)(F)S(=O)(=O)F.[B][B][B]. The van der Waals surface area contributed by atoms with E-state index < -0.39 is 116 Å². The van der Waals surface area contributed by atoms with Crippen LogP contribution in [-0.2, 0) is 62.8 Å². The van der Waals surface area contributed by atoms with Crippen LogP contribution in [0.1, 0.15) is 275 Å². The Kier molecular flexibility index (Phi) is 40.6. The normalized spacial score (nSPS) is 22.0. The first-order valence-corrected chi connectivity index (χ1v) is 49.6. The van der Waals surface area contributed by atoms with E-state index in [0.29, 0.717) is 95.2 Å². The molecule has 4 aromatic rings. The molecule has 8 bridgehead atoms. The number of amides is 4. The summed E-state index contributed by atoms with van der Waals surface area (Å²) in [5, 5.41) is 1.01. The average Bonchev–Trinajstić information content (AvgIpc) is 0.743. The third-order valence-electron chi connectivity index (χ3n) is 22.1. The van der Waals surface area contributed by atoms with Crippen LogP contribution in [0.3, 0.4) is 0 Å². The van der Waals surface area contributed by atoms with Gasteiger partial charge in [-0.1, -0.05) is 96.3 Å². The van der Waals surface area contributed by atoms with E-state index in [1.54, 1.807) is 71.9 Å². The van der Waals surface area contributed by atoms with Gasteiger partial charge in [0.2, 0.25) is 0 Å². The molecule has 8 aliphatic carbocycles. The zero-order valence-corrected chi connectivity index (χ0v) is 77.0. The number of rotatable bonds is 27. The Morgan fingerprint density at radius 3 is 1.19 bits per heavy atom. The van der Waals surface area contributed by atoms with E-state index in [9.17, 15) is 73.1 Å². The zero-order chi connectivity index (χ0) is 91.1. The Bertz CT molecular complexity index is 4450. The Morgan fingerprint density at radius 2 is 0.886 bits per heavy atom. The van der Waals surface area contributed by atoms with Gasteiger partial charge in [0.05, 0.1) is 40.8 Å². The number of ether oxygens (including phenoxy) is 6. The van der Waals surface area contributed by atoms with Gasteiger partial charge in [-0.05, 0) is 285 Å². The number of unbranched alkanes of at least 4 members (excludes halogenated alkanes) is 2. The van der Waals surface area contributed by atoms with Crippen LogP contribution < -0.4 is 9.47 Å². The molecule has 2 aliphatic heterocycles. The highest BCUT2D eigenvalue weighted by Crippen LogP contribution is 2.63. The van der Waals surface area contributed by atoms with Crippen LogP contribution in [0.25, 0.3) is 21.5 Å². The Balaban J connectivity index is 0.000000367. The number of alkyl halides is 6. The van der Waals surface area contributed by atoms with Crippen LogP contribution >= 0.6 is 34.3 Å². The average molecular weight is 1850 g/mol. The maximum atomic E-state index is 15.2. The molecule has 685 valence electrons. The van der Waals surface area contributed by atoms with Crippen LogP contribution in [0.4, 0.5) is 21.4 Å². The van der Waals surface area contributed by atoms with E-state index in [-0.39, 0.29) is 87.6 Å². The third-order valence-corrected chi connectivity index (χ3v) is 24.1. The quantitative estimate of drug-likeness (QED) is 0.00667. The highest BCUT2D eigenvalue weighted by Gasteiger charge is 2.60. The lowest BCUT2D eigenvalue weighted by Crippen LogP contribution is -2.48. The number of carbonyl (C=O) groups excluding carboxylic acids is 8. The van der Waals surface area contributed by atoms with Crippen molar-refractivity contribution in [3.63, 3.8) is 0 Å². The second kappa shape index (κ2) is 45.7. The van der Waals surface area contributed by atoms with Crippen LogP contribution in [-0.4, -0.2) is 186 Å². The molecule has 0 saturated heterocycles. The lowest BCUT2D eigenvalue weighted by atomic mass is 9.40. The molecule has 2 unspecified atom stereocenters. The van der Waals surface area contributed by atoms with E-state index in [4.69, 9.17) is 58.0 Å². The van der Waals surface area contributed by atoms with Crippen LogP contribution in [0.15, 0.2) is 60.7 Å². The minimum absolute atomic E-state index is 0. The van der Waals surface area contributed by atoms with Crippen molar-refractivity contribution in [1.29, 1.82) is 0 Å². The number of esters is 4. The van der Waals surface area contributed by atoms with Crippen molar-refractivity contribution >= 4 is 154 Å². The first kappa shape index (κ1) is 109. The highest BCUT2D eigenvalue weighted by atomic mass is 35.6. The fourth-order valence-electron chi connectivity index (χ4n) is 18.4. The van der Waals surface area contributed by atoms with Crippen molar-refractivity contribution in [3.8, 4) is 11.5 Å². The Morgan fingerprint density at radius 1 is 0.577 bits per heavy atom. The highest BCUT2D eigenvalue weighted by molar-refractivity contribution is 7.88. The van der Waals surface area contributed by atoms with Gasteiger partial charge in [0.15, 0.2) is 12.2 Å². The molecule has 0 aromatic heterocycles. The third kappa shape index (κ3) is 29.7. The Hall–Kier alpha value is -6.13. The number of carbonyl (C=O) groups is 8. The second-order valence-corrected chi connectivity index (χ2v) is 47.4. The lowest BCUT2D eigenvalue weighted by molar-refractivity contribution is -0.165. The van der Waals surface area contributed by atoms with Gasteiger partial charge >= 0.3 is 54.7 Å². The predicted octanol–water partition coefficient (Wildman–Crippen LogP) is 19.6. The molecule has 4 amide bonds. The first-order chi connectivity index (χ1) is 56.1. The zero-order valence-electron chi connectivity index (χ0n) is 72.1. The van der Waals surface area contributed by atoms with Crippen molar-refractivity contribution in [3.05, 3.63) is 82.9 Å². The minimum atomic E-state index is -6.28. The van der Waals surface area contributed by atoms with Crippen LogP contribution in [0.2, 0.25) is 19.6 Å². The number of hydroxylamine groups is 4. The summed E-state index contributed by atoms with van der Waals surface area (Å²) in [6.45, 7) is 32.3. The number of nitrogens with zero attached hydrogens (tertiary/aromatic N) is 3. The molecule has 2 heterocycles. The Labute approximate surface area is 743 Å². The van der Waals surface area contributed by atoms with E-state index in [2.05, 4.69) is 83.7 Å². The number of hydrogen-bond donors (Lipinski definition) is 1. The molecule has 23 nitrogen and oxygen atoms in total. The van der Waals surface area contributed by atoms with Gasteiger partial charge in [0.25, 0.3) is 23.6 Å².